The molecule has 0 saturated carbocycles. The minimum absolute atomic E-state index is 0.102. The molecule has 1 N–H and O–H groups in total. The molecule has 98 valence electrons. The van der Waals surface area contributed by atoms with Crippen LogP contribution in [0.5, 0.6) is 5.75 Å². The molecule has 0 aromatic heterocycles. The highest BCUT2D eigenvalue weighted by atomic mass is 16.5. The zero-order valence-corrected chi connectivity index (χ0v) is 11.0. The highest BCUT2D eigenvalue weighted by molar-refractivity contribution is 5.40. The van der Waals surface area contributed by atoms with E-state index in [2.05, 4.69) is 19.1 Å². The van der Waals surface area contributed by atoms with E-state index >= 15 is 0 Å². The lowest BCUT2D eigenvalue weighted by atomic mass is 9.85. The largest absolute Gasteiger partial charge is 0.493 e. The van der Waals surface area contributed by atoms with E-state index in [4.69, 9.17) is 4.74 Å². The second kappa shape index (κ2) is 5.06. The molecule has 0 amide bonds. The van der Waals surface area contributed by atoms with Gasteiger partial charge in [-0.15, -0.1) is 0 Å². The lowest BCUT2D eigenvalue weighted by Gasteiger charge is -2.22. The summed E-state index contributed by atoms with van der Waals surface area (Å²) in [4.78, 5) is 0. The molecular formula is C17H18O2. The summed E-state index contributed by atoms with van der Waals surface area (Å²) in [7, 11) is 0. The Kier molecular flexibility index (Phi) is 3.26. The Morgan fingerprint density at radius 1 is 1.00 bits per heavy atom. The van der Waals surface area contributed by atoms with Crippen molar-refractivity contribution in [3.05, 3.63) is 65.2 Å². The van der Waals surface area contributed by atoms with Gasteiger partial charge < -0.3 is 9.84 Å². The Morgan fingerprint density at radius 3 is 2.47 bits per heavy atom. The molecule has 3 rings (SSSR count). The van der Waals surface area contributed by atoms with Gasteiger partial charge in [0.1, 0.15) is 5.75 Å². The standard InChI is InChI=1S/C17H18O2/c1-12-6-2-3-7-13(12)14-10-11-19-16-9-5-4-8-15(16)17(14)18/h2-9,14,17-18H,10-11H2,1H3. The van der Waals surface area contributed by atoms with Crippen molar-refractivity contribution in [2.24, 2.45) is 0 Å². The average Bonchev–Trinajstić information content (AvgIpc) is 2.60. The number of benzene rings is 2. The van der Waals surface area contributed by atoms with Gasteiger partial charge in [-0.1, -0.05) is 42.5 Å². The van der Waals surface area contributed by atoms with Gasteiger partial charge in [0.2, 0.25) is 0 Å². The normalized spacial score (nSPS) is 22.2. The molecule has 0 fully saturated rings. The monoisotopic (exact) mass is 254 g/mol. The predicted molar refractivity (Wildman–Crippen MR) is 75.4 cm³/mol. The minimum atomic E-state index is -0.500. The van der Waals surface area contributed by atoms with E-state index in [1.165, 1.54) is 11.1 Å². The fourth-order valence-electron chi connectivity index (χ4n) is 2.86. The first kappa shape index (κ1) is 12.2. The number of aliphatic hydroxyl groups excluding tert-OH is 1. The van der Waals surface area contributed by atoms with Crippen molar-refractivity contribution in [3.63, 3.8) is 0 Å². The van der Waals surface area contributed by atoms with Crippen LogP contribution in [0.15, 0.2) is 48.5 Å². The molecule has 2 heteroatoms. The van der Waals surface area contributed by atoms with E-state index in [0.29, 0.717) is 6.61 Å². The summed E-state index contributed by atoms with van der Waals surface area (Å²) in [5.41, 5.74) is 3.34. The Morgan fingerprint density at radius 2 is 1.68 bits per heavy atom. The lowest BCUT2D eigenvalue weighted by molar-refractivity contribution is 0.142. The third-order valence-corrected chi connectivity index (χ3v) is 3.89. The third-order valence-electron chi connectivity index (χ3n) is 3.89. The topological polar surface area (TPSA) is 29.5 Å². The predicted octanol–water partition coefficient (Wildman–Crippen LogP) is 3.59. The molecule has 0 saturated heterocycles. The van der Waals surface area contributed by atoms with Crippen LogP contribution in [0.2, 0.25) is 0 Å². The van der Waals surface area contributed by atoms with Gasteiger partial charge in [0.05, 0.1) is 12.7 Å². The minimum Gasteiger partial charge on any atom is -0.493 e. The van der Waals surface area contributed by atoms with Crippen LogP contribution >= 0.6 is 0 Å². The third kappa shape index (κ3) is 2.24. The van der Waals surface area contributed by atoms with Crippen molar-refractivity contribution in [2.75, 3.05) is 6.61 Å². The first-order valence-electron chi connectivity index (χ1n) is 6.72. The Balaban J connectivity index is 2.03. The molecule has 0 spiro atoms. The van der Waals surface area contributed by atoms with Gasteiger partial charge in [0.15, 0.2) is 0 Å². The molecule has 2 aromatic carbocycles. The van der Waals surface area contributed by atoms with E-state index in [9.17, 15) is 5.11 Å². The molecule has 1 heterocycles. The smallest absolute Gasteiger partial charge is 0.125 e. The fraction of sp³-hybridized carbons (Fsp3) is 0.294. The highest BCUT2D eigenvalue weighted by Crippen LogP contribution is 2.41. The summed E-state index contributed by atoms with van der Waals surface area (Å²) in [5.74, 6) is 0.913. The molecule has 2 nitrogen and oxygen atoms in total. The molecule has 0 bridgehead atoms. The summed E-state index contributed by atoms with van der Waals surface area (Å²) in [5, 5.41) is 10.7. The van der Waals surface area contributed by atoms with Crippen LogP contribution in [0.4, 0.5) is 0 Å². The van der Waals surface area contributed by atoms with Crippen molar-refractivity contribution in [2.45, 2.75) is 25.4 Å². The molecule has 2 atom stereocenters. The number of hydrogen-bond acceptors (Lipinski definition) is 2. The van der Waals surface area contributed by atoms with Crippen molar-refractivity contribution in [1.82, 2.24) is 0 Å². The molecule has 1 aliphatic rings. The SMILES string of the molecule is Cc1ccccc1C1CCOc2ccccc2C1O. The van der Waals surface area contributed by atoms with Crippen LogP contribution in [-0.4, -0.2) is 11.7 Å². The first-order chi connectivity index (χ1) is 9.27. The second-order valence-electron chi connectivity index (χ2n) is 5.08. The maximum atomic E-state index is 10.7. The Bertz CT molecular complexity index is 577. The molecule has 2 unspecified atom stereocenters. The summed E-state index contributed by atoms with van der Waals surface area (Å²) in [6.07, 6.45) is 0.334. The van der Waals surface area contributed by atoms with Gasteiger partial charge in [-0.25, -0.2) is 0 Å². The number of aliphatic hydroxyl groups is 1. The zero-order valence-electron chi connectivity index (χ0n) is 11.0. The zero-order chi connectivity index (χ0) is 13.2. The van der Waals surface area contributed by atoms with E-state index < -0.39 is 6.10 Å². The maximum Gasteiger partial charge on any atom is 0.125 e. The van der Waals surface area contributed by atoms with Crippen molar-refractivity contribution < 1.29 is 9.84 Å². The number of rotatable bonds is 1. The number of fused-ring (bicyclic) bond motifs is 1. The number of hydrogen-bond donors (Lipinski definition) is 1. The molecule has 19 heavy (non-hydrogen) atoms. The summed E-state index contributed by atoms with van der Waals surface area (Å²) >= 11 is 0. The van der Waals surface area contributed by atoms with E-state index in [0.717, 1.165) is 17.7 Å². The van der Waals surface area contributed by atoms with Gasteiger partial charge in [0, 0.05) is 11.5 Å². The van der Waals surface area contributed by atoms with Gasteiger partial charge in [-0.3, -0.25) is 0 Å². The van der Waals surface area contributed by atoms with Crippen LogP contribution < -0.4 is 4.74 Å². The van der Waals surface area contributed by atoms with Crippen LogP contribution in [0.1, 0.15) is 35.1 Å². The van der Waals surface area contributed by atoms with E-state index in [1.807, 2.05) is 36.4 Å². The quantitative estimate of drug-likeness (QED) is 0.842. The first-order valence-corrected chi connectivity index (χ1v) is 6.72. The molecule has 1 aliphatic heterocycles. The number of ether oxygens (including phenoxy) is 1. The number of para-hydroxylation sites is 1. The fourth-order valence-corrected chi connectivity index (χ4v) is 2.86. The van der Waals surface area contributed by atoms with Crippen LogP contribution in [0.25, 0.3) is 0 Å². The van der Waals surface area contributed by atoms with E-state index in [-0.39, 0.29) is 5.92 Å². The molecular weight excluding hydrogens is 236 g/mol. The van der Waals surface area contributed by atoms with Gasteiger partial charge in [0.25, 0.3) is 0 Å². The summed E-state index contributed by atoms with van der Waals surface area (Å²) in [6, 6.07) is 16.1. The Labute approximate surface area is 113 Å². The molecule has 0 radical (unpaired) electrons. The second-order valence-corrected chi connectivity index (χ2v) is 5.08. The molecule has 0 aliphatic carbocycles. The van der Waals surface area contributed by atoms with Gasteiger partial charge in [-0.2, -0.15) is 0 Å². The summed E-state index contributed by atoms with van der Waals surface area (Å²) < 4.78 is 5.75. The van der Waals surface area contributed by atoms with E-state index in [1.54, 1.807) is 0 Å². The van der Waals surface area contributed by atoms with Crippen LogP contribution in [0, 0.1) is 6.92 Å². The maximum absolute atomic E-state index is 10.7. The average molecular weight is 254 g/mol. The summed E-state index contributed by atoms with van der Waals surface area (Å²) in [6.45, 7) is 2.74. The number of aryl methyl sites for hydroxylation is 1. The highest BCUT2D eigenvalue weighted by Gasteiger charge is 2.28. The van der Waals surface area contributed by atoms with Crippen molar-refractivity contribution in [1.29, 1.82) is 0 Å². The van der Waals surface area contributed by atoms with Crippen molar-refractivity contribution in [3.8, 4) is 5.75 Å². The van der Waals surface area contributed by atoms with Crippen LogP contribution in [0.3, 0.4) is 0 Å². The lowest BCUT2D eigenvalue weighted by Crippen LogP contribution is -2.11. The van der Waals surface area contributed by atoms with Crippen molar-refractivity contribution >= 4 is 0 Å². The van der Waals surface area contributed by atoms with Gasteiger partial charge >= 0.3 is 0 Å². The molecule has 2 aromatic rings. The van der Waals surface area contributed by atoms with Gasteiger partial charge in [-0.05, 0) is 30.5 Å². The Hall–Kier alpha value is -1.80. The van der Waals surface area contributed by atoms with Crippen LogP contribution in [-0.2, 0) is 0 Å².